The molecule has 0 amide bonds. The Morgan fingerprint density at radius 1 is 1.29 bits per heavy atom. The van der Waals surface area contributed by atoms with Gasteiger partial charge in [-0.15, -0.1) is 0 Å². The largest absolute Gasteiger partial charge is 0.441 e. The summed E-state index contributed by atoms with van der Waals surface area (Å²) in [6, 6.07) is 2.52. The number of esters is 1. The van der Waals surface area contributed by atoms with Crippen molar-refractivity contribution in [2.75, 3.05) is 0 Å². The Kier molecular flexibility index (Phi) is 5.57. The minimum absolute atomic E-state index is 0.320. The van der Waals surface area contributed by atoms with Crippen molar-refractivity contribution in [2.45, 2.75) is 6.10 Å². The standard InChI is InChI=1S/C12H7BrN2O6/c1-2-11(3-4-13)21-12(16)8-5-9(14(17)18)7-10(6-8)15(19)20/h2,5-7,11H,1H2/t11-/m1/s1. The minimum Gasteiger partial charge on any atom is -0.441 e. The number of hydrogen-bond donors (Lipinski definition) is 0. The predicted octanol–water partition coefficient (Wildman–Crippen LogP) is 2.57. The van der Waals surface area contributed by atoms with Crippen LogP contribution in [0.15, 0.2) is 30.9 Å². The lowest BCUT2D eigenvalue weighted by Crippen LogP contribution is -2.14. The number of nitrogens with zero attached hydrogens (tertiary/aromatic N) is 2. The van der Waals surface area contributed by atoms with Crippen molar-refractivity contribution in [3.8, 4) is 10.8 Å². The first-order chi connectivity index (χ1) is 9.88. The molecule has 0 bridgehead atoms. The summed E-state index contributed by atoms with van der Waals surface area (Å²) in [5.41, 5.74) is -1.49. The van der Waals surface area contributed by atoms with Gasteiger partial charge in [-0.05, 0) is 16.8 Å². The van der Waals surface area contributed by atoms with Crippen LogP contribution in [-0.4, -0.2) is 21.9 Å². The first-order valence-corrected chi connectivity index (χ1v) is 6.07. The number of hydrogen-bond acceptors (Lipinski definition) is 6. The van der Waals surface area contributed by atoms with Crippen LogP contribution in [0.1, 0.15) is 10.4 Å². The number of nitro groups is 2. The van der Waals surface area contributed by atoms with Gasteiger partial charge in [-0.25, -0.2) is 4.79 Å². The molecule has 0 aliphatic rings. The Morgan fingerprint density at radius 3 is 2.19 bits per heavy atom. The Balaban J connectivity index is 3.18. The van der Waals surface area contributed by atoms with Gasteiger partial charge in [0.15, 0.2) is 6.10 Å². The molecule has 0 unspecified atom stereocenters. The fourth-order valence-corrected chi connectivity index (χ4v) is 1.52. The van der Waals surface area contributed by atoms with Gasteiger partial charge in [-0.1, -0.05) is 6.58 Å². The molecule has 0 aliphatic heterocycles. The molecule has 108 valence electrons. The van der Waals surface area contributed by atoms with Crippen molar-refractivity contribution in [1.29, 1.82) is 0 Å². The fraction of sp³-hybridized carbons (Fsp3) is 0.0833. The molecule has 0 heterocycles. The van der Waals surface area contributed by atoms with Crippen LogP contribution in [0.25, 0.3) is 0 Å². The second kappa shape index (κ2) is 7.16. The third-order valence-electron chi connectivity index (χ3n) is 2.20. The summed E-state index contributed by atoms with van der Waals surface area (Å²) in [5, 5.41) is 21.4. The van der Waals surface area contributed by atoms with E-state index in [4.69, 9.17) is 4.74 Å². The third-order valence-corrected chi connectivity index (χ3v) is 2.43. The van der Waals surface area contributed by atoms with E-state index < -0.39 is 33.3 Å². The van der Waals surface area contributed by atoms with Crippen LogP contribution in [0.4, 0.5) is 11.4 Å². The van der Waals surface area contributed by atoms with Crippen LogP contribution in [0, 0.1) is 31.0 Å². The molecule has 1 atom stereocenters. The van der Waals surface area contributed by atoms with Gasteiger partial charge < -0.3 is 4.74 Å². The van der Waals surface area contributed by atoms with Crippen LogP contribution in [0.3, 0.4) is 0 Å². The first kappa shape index (κ1) is 16.3. The van der Waals surface area contributed by atoms with E-state index in [1.807, 2.05) is 0 Å². The van der Waals surface area contributed by atoms with E-state index in [1.165, 1.54) is 6.08 Å². The number of nitro benzene ring substituents is 2. The van der Waals surface area contributed by atoms with E-state index in [-0.39, 0.29) is 5.56 Å². The highest BCUT2D eigenvalue weighted by atomic mass is 79.9. The zero-order valence-corrected chi connectivity index (χ0v) is 11.9. The summed E-state index contributed by atoms with van der Waals surface area (Å²) in [6.45, 7) is 3.40. The maximum atomic E-state index is 11.8. The molecular weight excluding hydrogens is 348 g/mol. The highest BCUT2D eigenvalue weighted by Crippen LogP contribution is 2.23. The number of rotatable bonds is 5. The molecule has 0 fully saturated rings. The second-order valence-corrected chi connectivity index (χ2v) is 3.95. The lowest BCUT2D eigenvalue weighted by atomic mass is 10.1. The lowest BCUT2D eigenvalue weighted by Gasteiger charge is -2.07. The van der Waals surface area contributed by atoms with Gasteiger partial charge in [-0.2, -0.15) is 0 Å². The quantitative estimate of drug-likeness (QED) is 0.264. The van der Waals surface area contributed by atoms with Gasteiger partial charge in [0.25, 0.3) is 11.4 Å². The fourth-order valence-electron chi connectivity index (χ4n) is 1.30. The molecule has 0 aliphatic carbocycles. The average Bonchev–Trinajstić information content (AvgIpc) is 2.45. The van der Waals surface area contributed by atoms with E-state index in [0.717, 1.165) is 18.2 Å². The van der Waals surface area contributed by atoms with Crippen LogP contribution >= 0.6 is 15.9 Å². The lowest BCUT2D eigenvalue weighted by molar-refractivity contribution is -0.394. The maximum absolute atomic E-state index is 11.8. The van der Waals surface area contributed by atoms with E-state index in [1.54, 1.807) is 0 Å². The molecule has 0 aromatic heterocycles. The minimum atomic E-state index is -0.984. The molecule has 0 saturated heterocycles. The smallest absolute Gasteiger partial charge is 0.340 e. The number of non-ortho nitro benzene ring substituents is 2. The summed E-state index contributed by atoms with van der Waals surface area (Å²) in [6.07, 6.45) is 0.285. The highest BCUT2D eigenvalue weighted by molar-refractivity contribution is 9.12. The molecule has 21 heavy (non-hydrogen) atoms. The van der Waals surface area contributed by atoms with Gasteiger partial charge in [0, 0.05) is 28.1 Å². The number of ether oxygens (including phenoxy) is 1. The number of benzene rings is 1. The van der Waals surface area contributed by atoms with E-state index >= 15 is 0 Å². The SMILES string of the molecule is C=C[C@H](C#CBr)OC(=O)c1cc([N+](=O)[O-])cc([N+](=O)[O-])c1. The van der Waals surface area contributed by atoms with Gasteiger partial charge in [0.1, 0.15) is 0 Å². The molecule has 0 saturated carbocycles. The molecule has 0 N–H and O–H groups in total. The maximum Gasteiger partial charge on any atom is 0.340 e. The first-order valence-electron chi connectivity index (χ1n) is 5.27. The summed E-state index contributed by atoms with van der Waals surface area (Å²) < 4.78 is 4.89. The van der Waals surface area contributed by atoms with E-state index in [2.05, 4.69) is 33.3 Å². The van der Waals surface area contributed by atoms with Crippen molar-refractivity contribution < 1.29 is 19.4 Å². The van der Waals surface area contributed by atoms with E-state index in [0.29, 0.717) is 0 Å². The van der Waals surface area contributed by atoms with E-state index in [9.17, 15) is 25.0 Å². The molecule has 0 radical (unpaired) electrons. The predicted molar refractivity (Wildman–Crippen MR) is 75.9 cm³/mol. The average molecular weight is 355 g/mol. The highest BCUT2D eigenvalue weighted by Gasteiger charge is 2.21. The van der Waals surface area contributed by atoms with Crippen molar-refractivity contribution in [3.63, 3.8) is 0 Å². The molecular formula is C12H7BrN2O6. The van der Waals surface area contributed by atoms with Crippen LogP contribution in [-0.2, 0) is 4.74 Å². The second-order valence-electron chi connectivity index (χ2n) is 3.55. The van der Waals surface area contributed by atoms with Gasteiger partial charge in [-0.3, -0.25) is 20.2 Å². The Bertz CT molecular complexity index is 644. The van der Waals surface area contributed by atoms with Crippen molar-refractivity contribution >= 4 is 33.3 Å². The monoisotopic (exact) mass is 354 g/mol. The summed E-state index contributed by atoms with van der Waals surface area (Å²) in [5.74, 6) is 1.46. The van der Waals surface area contributed by atoms with Gasteiger partial charge in [0.2, 0.25) is 0 Å². The van der Waals surface area contributed by atoms with Gasteiger partial charge in [0.05, 0.1) is 21.5 Å². The van der Waals surface area contributed by atoms with Crippen LogP contribution < -0.4 is 0 Å². The summed E-state index contributed by atoms with van der Waals surface area (Å²) in [4.78, 5) is 33.9. The topological polar surface area (TPSA) is 113 Å². The molecule has 1 aromatic rings. The Hall–Kier alpha value is -2.73. The van der Waals surface area contributed by atoms with Crippen molar-refractivity contribution in [3.05, 3.63) is 56.6 Å². The number of carbonyl (C=O) groups excluding carboxylic acids is 1. The van der Waals surface area contributed by atoms with Crippen molar-refractivity contribution in [1.82, 2.24) is 0 Å². The summed E-state index contributed by atoms with van der Waals surface area (Å²) in [7, 11) is 0. The zero-order valence-electron chi connectivity index (χ0n) is 10.3. The third kappa shape index (κ3) is 4.39. The molecule has 1 aromatic carbocycles. The van der Waals surface area contributed by atoms with Crippen LogP contribution in [0.5, 0.6) is 0 Å². The van der Waals surface area contributed by atoms with Gasteiger partial charge >= 0.3 is 5.97 Å². The van der Waals surface area contributed by atoms with Crippen molar-refractivity contribution in [2.24, 2.45) is 0 Å². The Morgan fingerprint density at radius 2 is 1.81 bits per heavy atom. The van der Waals surface area contributed by atoms with Crippen LogP contribution in [0.2, 0.25) is 0 Å². The molecule has 1 rings (SSSR count). The zero-order chi connectivity index (χ0) is 16.0. The number of carbonyl (C=O) groups is 1. The molecule has 0 spiro atoms. The Labute approximate surface area is 126 Å². The normalized spacial score (nSPS) is 10.7. The molecule has 8 nitrogen and oxygen atoms in total. The number of halogens is 1. The summed E-state index contributed by atoms with van der Waals surface area (Å²) >= 11 is 2.82. The molecule has 9 heteroatoms.